The molecule has 0 radical (unpaired) electrons. The van der Waals surface area contributed by atoms with Crippen LogP contribution in [0.1, 0.15) is 26.7 Å². The summed E-state index contributed by atoms with van der Waals surface area (Å²) in [6, 6.07) is 1.72. The standard InChI is InChI=1S/C14H18FN5O/c1-3-6-17-13-18-12(10-5-7-16-9-11(10)15)19-14(20-13)21-8-4-2/h5,7,9H,3-4,6,8H2,1-2H3,(H,17,18,19,20). The van der Waals surface area contributed by atoms with E-state index in [-0.39, 0.29) is 17.4 Å². The lowest BCUT2D eigenvalue weighted by molar-refractivity contribution is 0.292. The predicted octanol–water partition coefficient (Wildman–Crippen LogP) is 2.68. The van der Waals surface area contributed by atoms with Gasteiger partial charge in [0, 0.05) is 12.7 Å². The molecule has 2 rings (SSSR count). The van der Waals surface area contributed by atoms with Crippen LogP contribution < -0.4 is 10.1 Å². The SMILES string of the molecule is CCCNc1nc(OCCC)nc(-c2ccncc2F)n1. The van der Waals surface area contributed by atoms with Gasteiger partial charge in [0.25, 0.3) is 0 Å². The highest BCUT2D eigenvalue weighted by molar-refractivity contribution is 5.56. The molecule has 112 valence electrons. The zero-order chi connectivity index (χ0) is 15.1. The van der Waals surface area contributed by atoms with E-state index >= 15 is 0 Å². The Kier molecular flexibility index (Phi) is 5.36. The van der Waals surface area contributed by atoms with Crippen LogP contribution >= 0.6 is 0 Å². The topological polar surface area (TPSA) is 72.8 Å². The van der Waals surface area contributed by atoms with Crippen molar-refractivity contribution in [2.75, 3.05) is 18.5 Å². The minimum atomic E-state index is -0.480. The van der Waals surface area contributed by atoms with Crippen LogP contribution in [0.5, 0.6) is 6.01 Å². The van der Waals surface area contributed by atoms with Crippen molar-refractivity contribution in [3.8, 4) is 17.4 Å². The largest absolute Gasteiger partial charge is 0.463 e. The predicted molar refractivity (Wildman–Crippen MR) is 77.6 cm³/mol. The molecule has 2 aromatic heterocycles. The van der Waals surface area contributed by atoms with E-state index < -0.39 is 5.82 Å². The number of ether oxygens (including phenoxy) is 1. The summed E-state index contributed by atoms with van der Waals surface area (Å²) < 4.78 is 19.3. The number of nitrogens with zero attached hydrogens (tertiary/aromatic N) is 4. The Morgan fingerprint density at radius 2 is 2.05 bits per heavy atom. The first-order chi connectivity index (χ1) is 10.2. The van der Waals surface area contributed by atoms with Crippen molar-refractivity contribution in [1.29, 1.82) is 0 Å². The molecule has 0 atom stereocenters. The second-order valence-electron chi connectivity index (χ2n) is 4.40. The maximum absolute atomic E-state index is 13.8. The van der Waals surface area contributed by atoms with Gasteiger partial charge in [-0.2, -0.15) is 15.0 Å². The molecule has 0 unspecified atom stereocenters. The summed E-state index contributed by atoms with van der Waals surface area (Å²) in [5.41, 5.74) is 0.272. The summed E-state index contributed by atoms with van der Waals surface area (Å²) in [6.07, 6.45) is 4.39. The van der Waals surface area contributed by atoms with Crippen LogP contribution in [0.25, 0.3) is 11.4 Å². The summed E-state index contributed by atoms with van der Waals surface area (Å²) >= 11 is 0. The van der Waals surface area contributed by atoms with Crippen molar-refractivity contribution in [1.82, 2.24) is 19.9 Å². The second kappa shape index (κ2) is 7.47. The average Bonchev–Trinajstić information content (AvgIpc) is 2.51. The second-order valence-corrected chi connectivity index (χ2v) is 4.40. The Hall–Kier alpha value is -2.31. The first-order valence-electron chi connectivity index (χ1n) is 6.97. The molecule has 0 bridgehead atoms. The van der Waals surface area contributed by atoms with Gasteiger partial charge in [0.2, 0.25) is 5.95 Å². The summed E-state index contributed by atoms with van der Waals surface area (Å²) in [7, 11) is 0. The molecule has 6 nitrogen and oxygen atoms in total. The summed E-state index contributed by atoms with van der Waals surface area (Å²) in [6.45, 7) is 5.23. The lowest BCUT2D eigenvalue weighted by Gasteiger charge is -2.09. The summed E-state index contributed by atoms with van der Waals surface area (Å²) in [5, 5.41) is 3.06. The highest BCUT2D eigenvalue weighted by Gasteiger charge is 2.12. The van der Waals surface area contributed by atoms with Crippen molar-refractivity contribution >= 4 is 5.95 Å². The van der Waals surface area contributed by atoms with Crippen molar-refractivity contribution in [3.63, 3.8) is 0 Å². The first-order valence-corrected chi connectivity index (χ1v) is 6.97. The molecule has 1 N–H and O–H groups in total. The molecular formula is C14H18FN5O. The Balaban J connectivity index is 2.36. The number of hydrogen-bond acceptors (Lipinski definition) is 6. The van der Waals surface area contributed by atoms with Crippen LogP contribution in [0.2, 0.25) is 0 Å². The smallest absolute Gasteiger partial charge is 0.321 e. The summed E-state index contributed by atoms with van der Waals surface area (Å²) in [4.78, 5) is 16.3. The van der Waals surface area contributed by atoms with E-state index in [1.54, 1.807) is 0 Å². The lowest BCUT2D eigenvalue weighted by Crippen LogP contribution is -2.09. The van der Waals surface area contributed by atoms with E-state index in [9.17, 15) is 4.39 Å². The van der Waals surface area contributed by atoms with Gasteiger partial charge in [-0.05, 0) is 18.9 Å². The number of hydrogen-bond donors (Lipinski definition) is 1. The minimum absolute atomic E-state index is 0.191. The zero-order valence-electron chi connectivity index (χ0n) is 12.1. The van der Waals surface area contributed by atoms with Crippen LogP contribution in [0.3, 0.4) is 0 Å². The third-order valence-corrected chi connectivity index (χ3v) is 2.60. The van der Waals surface area contributed by atoms with Crippen molar-refractivity contribution in [3.05, 3.63) is 24.3 Å². The minimum Gasteiger partial charge on any atom is -0.463 e. The number of aromatic nitrogens is 4. The molecule has 0 aliphatic rings. The van der Waals surface area contributed by atoms with Gasteiger partial charge in [0.05, 0.1) is 18.4 Å². The Bertz CT molecular complexity index is 567. The highest BCUT2D eigenvalue weighted by atomic mass is 19.1. The molecule has 0 aromatic carbocycles. The molecule has 21 heavy (non-hydrogen) atoms. The van der Waals surface area contributed by atoms with E-state index in [0.717, 1.165) is 25.6 Å². The van der Waals surface area contributed by atoms with E-state index in [1.165, 1.54) is 12.3 Å². The quantitative estimate of drug-likeness (QED) is 0.845. The molecule has 0 saturated carbocycles. The molecule has 0 saturated heterocycles. The average molecular weight is 291 g/mol. The maximum Gasteiger partial charge on any atom is 0.321 e. The number of anilines is 1. The monoisotopic (exact) mass is 291 g/mol. The third kappa shape index (κ3) is 4.08. The molecule has 2 aromatic rings. The normalized spacial score (nSPS) is 10.4. The number of halogens is 1. The fraction of sp³-hybridized carbons (Fsp3) is 0.429. The van der Waals surface area contributed by atoms with E-state index in [1.807, 2.05) is 13.8 Å². The van der Waals surface area contributed by atoms with Gasteiger partial charge in [0.1, 0.15) is 0 Å². The summed E-state index contributed by atoms with van der Waals surface area (Å²) in [5.74, 6) is 0.130. The van der Waals surface area contributed by atoms with Gasteiger partial charge in [-0.3, -0.25) is 4.98 Å². The van der Waals surface area contributed by atoms with Gasteiger partial charge in [-0.1, -0.05) is 13.8 Å². The van der Waals surface area contributed by atoms with Crippen molar-refractivity contribution in [2.24, 2.45) is 0 Å². The molecule has 2 heterocycles. The number of rotatable bonds is 7. The molecule has 7 heteroatoms. The van der Waals surface area contributed by atoms with Crippen LogP contribution in [-0.4, -0.2) is 33.1 Å². The third-order valence-electron chi connectivity index (χ3n) is 2.60. The molecule has 0 spiro atoms. The Morgan fingerprint density at radius 1 is 1.19 bits per heavy atom. The van der Waals surface area contributed by atoms with Crippen LogP contribution in [0, 0.1) is 5.82 Å². The fourth-order valence-corrected chi connectivity index (χ4v) is 1.61. The van der Waals surface area contributed by atoms with Gasteiger partial charge >= 0.3 is 6.01 Å². The Morgan fingerprint density at radius 3 is 2.76 bits per heavy atom. The van der Waals surface area contributed by atoms with Crippen LogP contribution in [0.15, 0.2) is 18.5 Å². The van der Waals surface area contributed by atoms with Crippen molar-refractivity contribution < 1.29 is 9.13 Å². The van der Waals surface area contributed by atoms with Gasteiger partial charge in [0.15, 0.2) is 11.6 Å². The first kappa shape index (κ1) is 15.1. The molecule has 0 amide bonds. The van der Waals surface area contributed by atoms with Gasteiger partial charge < -0.3 is 10.1 Å². The van der Waals surface area contributed by atoms with E-state index in [0.29, 0.717) is 12.6 Å². The van der Waals surface area contributed by atoms with E-state index in [4.69, 9.17) is 4.74 Å². The fourth-order valence-electron chi connectivity index (χ4n) is 1.61. The molecular weight excluding hydrogens is 273 g/mol. The lowest BCUT2D eigenvalue weighted by atomic mass is 10.2. The van der Waals surface area contributed by atoms with Crippen molar-refractivity contribution in [2.45, 2.75) is 26.7 Å². The maximum atomic E-state index is 13.8. The van der Waals surface area contributed by atoms with E-state index in [2.05, 4.69) is 25.3 Å². The number of pyridine rings is 1. The molecule has 0 aliphatic heterocycles. The van der Waals surface area contributed by atoms with Gasteiger partial charge in [-0.15, -0.1) is 0 Å². The Labute approximate surface area is 122 Å². The zero-order valence-corrected chi connectivity index (χ0v) is 12.1. The molecule has 0 fully saturated rings. The van der Waals surface area contributed by atoms with Gasteiger partial charge in [-0.25, -0.2) is 4.39 Å². The van der Waals surface area contributed by atoms with Crippen LogP contribution in [-0.2, 0) is 0 Å². The highest BCUT2D eigenvalue weighted by Crippen LogP contribution is 2.21. The molecule has 0 aliphatic carbocycles. The number of nitrogens with one attached hydrogen (secondary N) is 1. The van der Waals surface area contributed by atoms with Crippen LogP contribution in [0.4, 0.5) is 10.3 Å².